The van der Waals surface area contributed by atoms with Gasteiger partial charge in [0.1, 0.15) is 5.75 Å². The number of nitrogens with one attached hydrogen (secondary N) is 1. The van der Waals surface area contributed by atoms with E-state index < -0.39 is 0 Å². The first-order valence-corrected chi connectivity index (χ1v) is 8.38. The van der Waals surface area contributed by atoms with Crippen LogP contribution in [0.4, 0.5) is 5.69 Å². The summed E-state index contributed by atoms with van der Waals surface area (Å²) in [7, 11) is 1.56. The highest BCUT2D eigenvalue weighted by Gasteiger charge is 2.37. The second kappa shape index (κ2) is 7.38. The highest BCUT2D eigenvalue weighted by Crippen LogP contribution is 2.30. The van der Waals surface area contributed by atoms with Crippen molar-refractivity contribution in [3.63, 3.8) is 0 Å². The molecule has 2 aromatic rings. The quantitative estimate of drug-likeness (QED) is 0.910. The molecule has 1 fully saturated rings. The van der Waals surface area contributed by atoms with E-state index in [1.54, 1.807) is 24.1 Å². The molecule has 2 atom stereocenters. The number of carbonyl (C=O) groups is 2. The molecule has 0 unspecified atom stereocenters. The van der Waals surface area contributed by atoms with E-state index in [-0.39, 0.29) is 30.2 Å². The third-order valence-corrected chi connectivity index (χ3v) is 4.64. The number of rotatable bonds is 5. The topological polar surface area (TPSA) is 58.6 Å². The highest BCUT2D eigenvalue weighted by atomic mass is 16.5. The maximum Gasteiger partial charge on any atom is 0.229 e. The van der Waals surface area contributed by atoms with Crippen molar-refractivity contribution in [1.29, 1.82) is 0 Å². The summed E-state index contributed by atoms with van der Waals surface area (Å²) in [6, 6.07) is 17.1. The number of ether oxygens (including phenoxy) is 1. The zero-order valence-electron chi connectivity index (χ0n) is 14.4. The van der Waals surface area contributed by atoms with Crippen LogP contribution < -0.4 is 10.1 Å². The van der Waals surface area contributed by atoms with Crippen molar-refractivity contribution in [3.8, 4) is 5.75 Å². The molecule has 0 bridgehead atoms. The van der Waals surface area contributed by atoms with Crippen LogP contribution in [-0.4, -0.2) is 30.4 Å². The fourth-order valence-corrected chi connectivity index (χ4v) is 3.18. The molecule has 0 aliphatic carbocycles. The molecule has 0 saturated carbocycles. The van der Waals surface area contributed by atoms with Crippen molar-refractivity contribution >= 4 is 17.5 Å². The SMILES string of the molecule is COc1ccccc1NC(=O)[C@@H]1CC(=O)N([C@@H](C)c2ccccc2)C1. The van der Waals surface area contributed by atoms with Gasteiger partial charge in [-0.05, 0) is 24.6 Å². The van der Waals surface area contributed by atoms with Crippen LogP contribution in [-0.2, 0) is 9.59 Å². The minimum atomic E-state index is -0.358. The second-order valence-corrected chi connectivity index (χ2v) is 6.22. The summed E-state index contributed by atoms with van der Waals surface area (Å²) in [5, 5.41) is 2.88. The van der Waals surface area contributed by atoms with Crippen LogP contribution in [0.15, 0.2) is 54.6 Å². The molecule has 0 aromatic heterocycles. The summed E-state index contributed by atoms with van der Waals surface area (Å²) >= 11 is 0. The first-order chi connectivity index (χ1) is 12.1. The fourth-order valence-electron chi connectivity index (χ4n) is 3.18. The van der Waals surface area contributed by atoms with Crippen molar-refractivity contribution in [3.05, 3.63) is 60.2 Å². The van der Waals surface area contributed by atoms with Crippen molar-refractivity contribution < 1.29 is 14.3 Å². The molecule has 5 heteroatoms. The molecule has 130 valence electrons. The summed E-state index contributed by atoms with van der Waals surface area (Å²) < 4.78 is 5.26. The Morgan fingerprint density at radius 2 is 1.84 bits per heavy atom. The van der Waals surface area contributed by atoms with Gasteiger partial charge in [0.2, 0.25) is 11.8 Å². The van der Waals surface area contributed by atoms with E-state index in [2.05, 4.69) is 5.32 Å². The number of carbonyl (C=O) groups excluding carboxylic acids is 2. The number of para-hydroxylation sites is 2. The van der Waals surface area contributed by atoms with Gasteiger partial charge in [-0.2, -0.15) is 0 Å². The molecule has 1 saturated heterocycles. The summed E-state index contributed by atoms with van der Waals surface area (Å²) in [6.07, 6.45) is 0.234. The zero-order chi connectivity index (χ0) is 17.8. The largest absolute Gasteiger partial charge is 0.495 e. The summed E-state index contributed by atoms with van der Waals surface area (Å²) in [5.41, 5.74) is 1.69. The Kier molecular flexibility index (Phi) is 5.03. The zero-order valence-corrected chi connectivity index (χ0v) is 14.4. The fraction of sp³-hybridized carbons (Fsp3) is 0.300. The Morgan fingerprint density at radius 1 is 1.16 bits per heavy atom. The normalized spacial score (nSPS) is 18.1. The Morgan fingerprint density at radius 3 is 2.56 bits per heavy atom. The average Bonchev–Trinajstić information content (AvgIpc) is 3.04. The molecular weight excluding hydrogens is 316 g/mol. The van der Waals surface area contributed by atoms with Crippen molar-refractivity contribution in [2.75, 3.05) is 19.0 Å². The number of anilines is 1. The molecule has 1 N–H and O–H groups in total. The van der Waals surface area contributed by atoms with Crippen LogP contribution in [0.25, 0.3) is 0 Å². The van der Waals surface area contributed by atoms with Gasteiger partial charge in [0.15, 0.2) is 0 Å². The van der Waals surface area contributed by atoms with E-state index in [1.165, 1.54) is 0 Å². The van der Waals surface area contributed by atoms with Gasteiger partial charge in [-0.15, -0.1) is 0 Å². The predicted octanol–water partition coefficient (Wildman–Crippen LogP) is 3.24. The van der Waals surface area contributed by atoms with Crippen LogP contribution in [0, 0.1) is 5.92 Å². The van der Waals surface area contributed by atoms with Crippen LogP contribution in [0.5, 0.6) is 5.75 Å². The first kappa shape index (κ1) is 17.0. The van der Waals surface area contributed by atoms with Crippen LogP contribution in [0.3, 0.4) is 0 Å². The molecule has 5 nitrogen and oxygen atoms in total. The van der Waals surface area contributed by atoms with Gasteiger partial charge < -0.3 is 15.0 Å². The molecule has 2 aromatic carbocycles. The molecule has 1 aliphatic rings. The monoisotopic (exact) mass is 338 g/mol. The smallest absolute Gasteiger partial charge is 0.229 e. The van der Waals surface area contributed by atoms with Gasteiger partial charge in [-0.1, -0.05) is 42.5 Å². The van der Waals surface area contributed by atoms with Gasteiger partial charge in [0.05, 0.1) is 24.8 Å². The molecule has 3 rings (SSSR count). The van der Waals surface area contributed by atoms with Crippen molar-refractivity contribution in [2.45, 2.75) is 19.4 Å². The third-order valence-electron chi connectivity index (χ3n) is 4.64. The van der Waals surface area contributed by atoms with Gasteiger partial charge in [-0.25, -0.2) is 0 Å². The number of benzene rings is 2. The van der Waals surface area contributed by atoms with E-state index in [4.69, 9.17) is 4.74 Å². The summed E-state index contributed by atoms with van der Waals surface area (Å²) in [6.45, 7) is 2.42. The number of nitrogens with zero attached hydrogens (tertiary/aromatic N) is 1. The van der Waals surface area contributed by atoms with E-state index in [1.807, 2.05) is 49.4 Å². The lowest BCUT2D eigenvalue weighted by molar-refractivity contribution is -0.129. The first-order valence-electron chi connectivity index (χ1n) is 8.38. The number of likely N-dealkylation sites (tertiary alicyclic amines) is 1. The molecule has 25 heavy (non-hydrogen) atoms. The number of hydrogen-bond donors (Lipinski definition) is 1. The van der Waals surface area contributed by atoms with Gasteiger partial charge in [0.25, 0.3) is 0 Å². The maximum atomic E-state index is 12.6. The standard InChI is InChI=1S/C20H22N2O3/c1-14(15-8-4-3-5-9-15)22-13-16(12-19(22)23)20(24)21-17-10-6-7-11-18(17)25-2/h3-11,14,16H,12-13H2,1-2H3,(H,21,24)/t14-,16+/m0/s1. The number of methoxy groups -OCH3 is 1. The number of amides is 2. The molecule has 0 radical (unpaired) electrons. The summed E-state index contributed by atoms with van der Waals surface area (Å²) in [5.74, 6) is 0.107. The molecule has 1 heterocycles. The van der Waals surface area contributed by atoms with E-state index in [9.17, 15) is 9.59 Å². The maximum absolute atomic E-state index is 12.6. The lowest BCUT2D eigenvalue weighted by Gasteiger charge is -2.25. The molecular formula is C20H22N2O3. The highest BCUT2D eigenvalue weighted by molar-refractivity contribution is 5.98. The Labute approximate surface area is 147 Å². The lowest BCUT2D eigenvalue weighted by Crippen LogP contribution is -2.30. The van der Waals surface area contributed by atoms with E-state index in [0.29, 0.717) is 18.0 Å². The molecule has 0 spiro atoms. The summed E-state index contributed by atoms with van der Waals surface area (Å²) in [4.78, 5) is 26.8. The van der Waals surface area contributed by atoms with E-state index in [0.717, 1.165) is 5.56 Å². The van der Waals surface area contributed by atoms with Gasteiger partial charge in [-0.3, -0.25) is 9.59 Å². The van der Waals surface area contributed by atoms with Gasteiger partial charge >= 0.3 is 0 Å². The van der Waals surface area contributed by atoms with Crippen LogP contribution >= 0.6 is 0 Å². The predicted molar refractivity (Wildman–Crippen MR) is 96.3 cm³/mol. The molecule has 1 aliphatic heterocycles. The Balaban J connectivity index is 1.68. The third kappa shape index (κ3) is 3.65. The minimum Gasteiger partial charge on any atom is -0.495 e. The van der Waals surface area contributed by atoms with Gasteiger partial charge in [0, 0.05) is 13.0 Å². The molecule has 2 amide bonds. The Bertz CT molecular complexity index is 761. The van der Waals surface area contributed by atoms with Crippen molar-refractivity contribution in [1.82, 2.24) is 4.90 Å². The number of hydrogen-bond acceptors (Lipinski definition) is 3. The lowest BCUT2D eigenvalue weighted by atomic mass is 10.1. The average molecular weight is 338 g/mol. The van der Waals surface area contributed by atoms with Crippen molar-refractivity contribution in [2.24, 2.45) is 5.92 Å². The van der Waals surface area contributed by atoms with Crippen LogP contribution in [0.2, 0.25) is 0 Å². The van der Waals surface area contributed by atoms with E-state index >= 15 is 0 Å². The minimum absolute atomic E-state index is 0.0107. The second-order valence-electron chi connectivity index (χ2n) is 6.22. The van der Waals surface area contributed by atoms with Crippen LogP contribution in [0.1, 0.15) is 24.9 Å². The Hall–Kier alpha value is -2.82.